The predicted molar refractivity (Wildman–Crippen MR) is 87.5 cm³/mol. The molecule has 0 bridgehead atoms. The molecule has 5 nitrogen and oxygen atoms in total. The van der Waals surface area contributed by atoms with Crippen molar-refractivity contribution in [1.29, 1.82) is 0 Å². The first-order valence-electron chi connectivity index (χ1n) is 7.74. The number of aromatic nitrogens is 1. The van der Waals surface area contributed by atoms with Gasteiger partial charge >= 0.3 is 5.97 Å². The molecule has 0 saturated heterocycles. The molecule has 1 saturated carbocycles. The van der Waals surface area contributed by atoms with E-state index in [1.807, 2.05) is 0 Å². The van der Waals surface area contributed by atoms with Crippen LogP contribution in [0.3, 0.4) is 0 Å². The maximum Gasteiger partial charge on any atom is 0.355 e. The summed E-state index contributed by atoms with van der Waals surface area (Å²) < 4.78 is 14.2. The number of carbonyl (C=O) groups excluding carboxylic acids is 1. The molecule has 1 fully saturated rings. The number of carboxylic acid groups (broad SMARTS) is 1. The van der Waals surface area contributed by atoms with Gasteiger partial charge in [0.2, 0.25) is 5.91 Å². The summed E-state index contributed by atoms with van der Waals surface area (Å²) in [5.74, 6) is -1.68. The number of nitrogens with zero attached hydrogens (tertiary/aromatic N) is 1. The number of carbonyl (C=O) groups is 2. The quantitative estimate of drug-likeness (QED) is 0.870. The van der Waals surface area contributed by atoms with Crippen molar-refractivity contribution in [3.8, 4) is 0 Å². The van der Waals surface area contributed by atoms with E-state index < -0.39 is 11.4 Å². The van der Waals surface area contributed by atoms with Crippen molar-refractivity contribution in [2.75, 3.05) is 0 Å². The second kappa shape index (κ2) is 6.68. The van der Waals surface area contributed by atoms with E-state index in [0.717, 1.165) is 12.8 Å². The zero-order chi connectivity index (χ0) is 17.2. The molecule has 0 spiro atoms. The largest absolute Gasteiger partial charge is 0.476 e. The first kappa shape index (κ1) is 16.6. The summed E-state index contributed by atoms with van der Waals surface area (Å²) in [6, 6.07) is 6.41. The van der Waals surface area contributed by atoms with E-state index in [1.54, 1.807) is 18.2 Å². The molecule has 1 heterocycles. The van der Waals surface area contributed by atoms with Crippen molar-refractivity contribution in [2.45, 2.75) is 37.6 Å². The molecule has 7 heteroatoms. The van der Waals surface area contributed by atoms with Gasteiger partial charge in [-0.05, 0) is 18.9 Å². The van der Waals surface area contributed by atoms with Crippen LogP contribution in [0.25, 0.3) is 0 Å². The number of hydrogen-bond donors (Lipinski definition) is 2. The lowest BCUT2D eigenvalue weighted by Crippen LogP contribution is -2.42. The fourth-order valence-electron chi connectivity index (χ4n) is 3.26. The highest BCUT2D eigenvalue weighted by Gasteiger charge is 2.44. The molecular weight excluding hydrogens is 331 g/mol. The highest BCUT2D eigenvalue weighted by molar-refractivity contribution is 7.09. The molecule has 0 unspecified atom stereocenters. The van der Waals surface area contributed by atoms with Gasteiger partial charge < -0.3 is 10.4 Å². The van der Waals surface area contributed by atoms with Crippen LogP contribution in [-0.2, 0) is 16.8 Å². The van der Waals surface area contributed by atoms with Gasteiger partial charge in [-0.2, -0.15) is 0 Å². The van der Waals surface area contributed by atoms with Crippen molar-refractivity contribution >= 4 is 23.2 Å². The number of carboxylic acids is 1. The average molecular weight is 348 g/mol. The molecule has 1 aliphatic carbocycles. The summed E-state index contributed by atoms with van der Waals surface area (Å²) in [7, 11) is 0. The molecule has 1 aromatic carbocycles. The van der Waals surface area contributed by atoms with Crippen LogP contribution in [0.4, 0.5) is 4.39 Å². The minimum absolute atomic E-state index is 0.0334. The van der Waals surface area contributed by atoms with Gasteiger partial charge in [0.1, 0.15) is 10.8 Å². The van der Waals surface area contributed by atoms with Gasteiger partial charge in [-0.3, -0.25) is 4.79 Å². The highest BCUT2D eigenvalue weighted by Crippen LogP contribution is 2.42. The Labute approximate surface area is 142 Å². The Morgan fingerprint density at radius 2 is 2.00 bits per heavy atom. The van der Waals surface area contributed by atoms with Gasteiger partial charge in [0.15, 0.2) is 5.69 Å². The highest BCUT2D eigenvalue weighted by atomic mass is 32.1. The number of benzene rings is 1. The third-order valence-corrected chi connectivity index (χ3v) is 5.30. The predicted octanol–water partition coefficient (Wildman–Crippen LogP) is 3.11. The topological polar surface area (TPSA) is 79.3 Å². The van der Waals surface area contributed by atoms with Gasteiger partial charge in [-0.15, -0.1) is 11.3 Å². The first-order valence-corrected chi connectivity index (χ1v) is 8.62. The lowest BCUT2D eigenvalue weighted by molar-refractivity contribution is -0.126. The van der Waals surface area contributed by atoms with E-state index in [9.17, 15) is 14.0 Å². The summed E-state index contributed by atoms with van der Waals surface area (Å²) in [5.41, 5.74) is -0.447. The van der Waals surface area contributed by atoms with Crippen molar-refractivity contribution < 1.29 is 19.1 Å². The Bertz CT molecular complexity index is 769. The van der Waals surface area contributed by atoms with Crippen LogP contribution >= 0.6 is 11.3 Å². The monoisotopic (exact) mass is 348 g/mol. The van der Waals surface area contributed by atoms with E-state index in [1.165, 1.54) is 22.8 Å². The van der Waals surface area contributed by atoms with Gasteiger partial charge in [0, 0.05) is 10.9 Å². The summed E-state index contributed by atoms with van der Waals surface area (Å²) in [6.45, 7) is 0.146. The minimum atomic E-state index is -1.09. The number of amides is 1. The number of hydrogen-bond acceptors (Lipinski definition) is 4. The van der Waals surface area contributed by atoms with Crippen LogP contribution in [0.5, 0.6) is 0 Å². The molecule has 2 aromatic rings. The van der Waals surface area contributed by atoms with Crippen LogP contribution in [0.2, 0.25) is 0 Å². The SMILES string of the molecule is O=C(O)c1csc(CNC(=O)C2(c3ccccc3F)CCCC2)n1. The molecule has 0 radical (unpaired) electrons. The maximum absolute atomic E-state index is 14.2. The van der Waals surface area contributed by atoms with Gasteiger partial charge in [0.05, 0.1) is 12.0 Å². The molecule has 0 atom stereocenters. The number of thiazole rings is 1. The standard InChI is InChI=1S/C17H17FN2O3S/c18-12-6-2-1-5-11(12)17(7-3-4-8-17)16(23)19-9-14-20-13(10-24-14)15(21)22/h1-2,5-6,10H,3-4,7-9H2,(H,19,23)(H,21,22). The molecular formula is C17H17FN2O3S. The molecule has 1 amide bonds. The first-order chi connectivity index (χ1) is 11.5. The Balaban J connectivity index is 1.78. The van der Waals surface area contributed by atoms with Crippen molar-refractivity contribution in [2.24, 2.45) is 0 Å². The number of rotatable bonds is 5. The second-order valence-electron chi connectivity index (χ2n) is 5.88. The van der Waals surface area contributed by atoms with Crippen LogP contribution in [-0.4, -0.2) is 22.0 Å². The van der Waals surface area contributed by atoms with E-state index in [2.05, 4.69) is 10.3 Å². The summed E-state index contributed by atoms with van der Waals surface area (Å²) in [5, 5.41) is 13.6. The van der Waals surface area contributed by atoms with Crippen molar-refractivity contribution in [3.05, 3.63) is 51.7 Å². The molecule has 126 valence electrons. The van der Waals surface area contributed by atoms with E-state index in [0.29, 0.717) is 23.4 Å². The van der Waals surface area contributed by atoms with Crippen LogP contribution < -0.4 is 5.32 Å². The minimum Gasteiger partial charge on any atom is -0.476 e. The fourth-order valence-corrected chi connectivity index (χ4v) is 3.97. The molecule has 0 aliphatic heterocycles. The number of nitrogens with one attached hydrogen (secondary N) is 1. The summed E-state index contributed by atoms with van der Waals surface area (Å²) in [4.78, 5) is 27.6. The number of halogens is 1. The third-order valence-electron chi connectivity index (χ3n) is 4.45. The lowest BCUT2D eigenvalue weighted by atomic mass is 9.77. The summed E-state index contributed by atoms with van der Waals surface area (Å²) >= 11 is 1.18. The Morgan fingerprint density at radius 1 is 1.29 bits per heavy atom. The molecule has 1 aromatic heterocycles. The van der Waals surface area contributed by atoms with Crippen molar-refractivity contribution in [1.82, 2.24) is 10.3 Å². The normalized spacial score (nSPS) is 16.0. The molecule has 2 N–H and O–H groups in total. The summed E-state index contributed by atoms with van der Waals surface area (Å²) in [6.07, 6.45) is 2.97. The van der Waals surface area contributed by atoms with Crippen LogP contribution in [0.15, 0.2) is 29.6 Å². The Kier molecular flexibility index (Phi) is 4.62. The zero-order valence-electron chi connectivity index (χ0n) is 12.9. The Morgan fingerprint density at radius 3 is 2.62 bits per heavy atom. The van der Waals surface area contributed by atoms with Gasteiger partial charge in [0.25, 0.3) is 0 Å². The third kappa shape index (κ3) is 3.03. The molecule has 24 heavy (non-hydrogen) atoms. The van der Waals surface area contributed by atoms with Gasteiger partial charge in [-0.1, -0.05) is 31.0 Å². The van der Waals surface area contributed by atoms with Crippen LogP contribution in [0.1, 0.15) is 46.7 Å². The average Bonchev–Trinajstić information content (AvgIpc) is 3.23. The van der Waals surface area contributed by atoms with Crippen molar-refractivity contribution in [3.63, 3.8) is 0 Å². The zero-order valence-corrected chi connectivity index (χ0v) is 13.7. The molecule has 1 aliphatic rings. The Hall–Kier alpha value is -2.28. The van der Waals surface area contributed by atoms with Gasteiger partial charge in [-0.25, -0.2) is 14.2 Å². The maximum atomic E-state index is 14.2. The van der Waals surface area contributed by atoms with E-state index in [-0.39, 0.29) is 24.0 Å². The van der Waals surface area contributed by atoms with E-state index >= 15 is 0 Å². The molecule has 3 rings (SSSR count). The van der Waals surface area contributed by atoms with E-state index in [4.69, 9.17) is 5.11 Å². The number of aromatic carboxylic acids is 1. The smallest absolute Gasteiger partial charge is 0.355 e. The second-order valence-corrected chi connectivity index (χ2v) is 6.83. The lowest BCUT2D eigenvalue weighted by Gasteiger charge is -2.28. The van der Waals surface area contributed by atoms with Crippen LogP contribution in [0, 0.1) is 5.82 Å². The fraction of sp³-hybridized carbons (Fsp3) is 0.353.